The lowest BCUT2D eigenvalue weighted by atomic mass is 10.1. The first-order valence-corrected chi connectivity index (χ1v) is 7.06. The van der Waals surface area contributed by atoms with Crippen molar-refractivity contribution in [3.63, 3.8) is 0 Å². The van der Waals surface area contributed by atoms with Crippen LogP contribution in [-0.4, -0.2) is 25.7 Å². The van der Waals surface area contributed by atoms with E-state index < -0.39 is 11.8 Å². The van der Waals surface area contributed by atoms with Gasteiger partial charge in [-0.2, -0.15) is 0 Å². The number of hydrogen-bond acceptors (Lipinski definition) is 4. The van der Waals surface area contributed by atoms with Crippen LogP contribution in [-0.2, 0) is 4.74 Å². The van der Waals surface area contributed by atoms with E-state index >= 15 is 0 Å². The summed E-state index contributed by atoms with van der Waals surface area (Å²) >= 11 is 0. The van der Waals surface area contributed by atoms with Gasteiger partial charge in [-0.25, -0.2) is 9.18 Å². The van der Waals surface area contributed by atoms with E-state index in [-0.39, 0.29) is 17.9 Å². The minimum Gasteiger partial charge on any atom is -0.462 e. The van der Waals surface area contributed by atoms with Crippen molar-refractivity contribution in [2.24, 2.45) is 0 Å². The van der Waals surface area contributed by atoms with Crippen LogP contribution in [0, 0.1) is 5.82 Å². The average molecular weight is 282 g/mol. The van der Waals surface area contributed by atoms with E-state index in [4.69, 9.17) is 10.5 Å². The first kappa shape index (κ1) is 16.3. The molecule has 0 bridgehead atoms. The fraction of sp³-hybridized carbons (Fsp3) is 0.533. The van der Waals surface area contributed by atoms with Crippen LogP contribution in [0.5, 0.6) is 0 Å². The van der Waals surface area contributed by atoms with E-state index in [0.717, 1.165) is 19.4 Å². The molecule has 20 heavy (non-hydrogen) atoms. The molecule has 0 amide bonds. The van der Waals surface area contributed by atoms with Crippen molar-refractivity contribution >= 4 is 17.3 Å². The van der Waals surface area contributed by atoms with Crippen molar-refractivity contribution in [1.29, 1.82) is 0 Å². The van der Waals surface area contributed by atoms with Crippen LogP contribution in [0.2, 0.25) is 0 Å². The van der Waals surface area contributed by atoms with Gasteiger partial charge in [0.1, 0.15) is 5.82 Å². The molecule has 0 aliphatic heterocycles. The highest BCUT2D eigenvalue weighted by Gasteiger charge is 2.18. The third-order valence-electron chi connectivity index (χ3n) is 3.12. The third kappa shape index (κ3) is 3.85. The molecular formula is C15H23FN2O2. The molecule has 0 aliphatic rings. The minimum absolute atomic E-state index is 0.108. The third-order valence-corrected chi connectivity index (χ3v) is 3.12. The minimum atomic E-state index is -0.516. The average Bonchev–Trinajstić information content (AvgIpc) is 2.41. The van der Waals surface area contributed by atoms with Crippen LogP contribution in [0.25, 0.3) is 0 Å². The zero-order valence-corrected chi connectivity index (χ0v) is 12.4. The molecular weight excluding hydrogens is 259 g/mol. The van der Waals surface area contributed by atoms with Gasteiger partial charge in [0.05, 0.1) is 17.9 Å². The number of unbranched alkanes of at least 4 members (excludes halogenated alkanes) is 1. The molecule has 0 spiro atoms. The summed E-state index contributed by atoms with van der Waals surface area (Å²) in [5.41, 5.74) is 6.43. The highest BCUT2D eigenvalue weighted by Crippen LogP contribution is 2.26. The molecule has 0 aliphatic carbocycles. The fourth-order valence-corrected chi connectivity index (χ4v) is 2.00. The molecule has 1 rings (SSSR count). The summed E-state index contributed by atoms with van der Waals surface area (Å²) in [4.78, 5) is 13.7. The van der Waals surface area contributed by atoms with Crippen LogP contribution >= 0.6 is 0 Å². The Hall–Kier alpha value is -1.78. The Labute approximate surface area is 119 Å². The topological polar surface area (TPSA) is 55.6 Å². The molecule has 0 aromatic heterocycles. The number of carbonyl (C=O) groups is 1. The maximum absolute atomic E-state index is 14.1. The first-order valence-electron chi connectivity index (χ1n) is 7.06. The first-order chi connectivity index (χ1) is 9.54. The summed E-state index contributed by atoms with van der Waals surface area (Å²) in [6, 6.07) is 2.68. The summed E-state index contributed by atoms with van der Waals surface area (Å²) in [7, 11) is 0. The van der Waals surface area contributed by atoms with Crippen LogP contribution in [0.3, 0.4) is 0 Å². The van der Waals surface area contributed by atoms with E-state index in [2.05, 4.69) is 6.92 Å². The Morgan fingerprint density at radius 2 is 2.05 bits per heavy atom. The molecule has 0 fully saturated rings. The Morgan fingerprint density at radius 3 is 2.60 bits per heavy atom. The van der Waals surface area contributed by atoms with Crippen molar-refractivity contribution in [1.82, 2.24) is 0 Å². The Balaban J connectivity index is 3.12. The van der Waals surface area contributed by atoms with Gasteiger partial charge in [-0.3, -0.25) is 0 Å². The maximum atomic E-state index is 14.1. The second-order valence-electron chi connectivity index (χ2n) is 4.54. The van der Waals surface area contributed by atoms with Crippen molar-refractivity contribution < 1.29 is 13.9 Å². The zero-order chi connectivity index (χ0) is 15.1. The van der Waals surface area contributed by atoms with Gasteiger partial charge >= 0.3 is 5.97 Å². The van der Waals surface area contributed by atoms with Crippen LogP contribution in [0.4, 0.5) is 15.8 Å². The molecule has 1 aromatic rings. The monoisotopic (exact) mass is 282 g/mol. The molecule has 0 heterocycles. The molecule has 5 heteroatoms. The number of nitrogens with two attached hydrogens (primary N) is 1. The van der Waals surface area contributed by atoms with Gasteiger partial charge in [0.15, 0.2) is 0 Å². The molecule has 2 N–H and O–H groups in total. The molecule has 0 unspecified atom stereocenters. The summed E-state index contributed by atoms with van der Waals surface area (Å²) in [5, 5.41) is 0. The lowest BCUT2D eigenvalue weighted by Crippen LogP contribution is -2.25. The van der Waals surface area contributed by atoms with Crippen molar-refractivity contribution in [3.8, 4) is 0 Å². The number of benzene rings is 1. The summed E-state index contributed by atoms with van der Waals surface area (Å²) < 4.78 is 19.0. The molecule has 112 valence electrons. The van der Waals surface area contributed by atoms with Crippen LogP contribution in [0.15, 0.2) is 12.1 Å². The number of esters is 1. The molecule has 4 nitrogen and oxygen atoms in total. The van der Waals surface area contributed by atoms with E-state index in [1.165, 1.54) is 12.1 Å². The number of carbonyl (C=O) groups excluding carboxylic acids is 1. The van der Waals surface area contributed by atoms with Gasteiger partial charge in [0.25, 0.3) is 0 Å². The highest BCUT2D eigenvalue weighted by molar-refractivity contribution is 5.96. The van der Waals surface area contributed by atoms with E-state index in [9.17, 15) is 9.18 Å². The van der Waals surface area contributed by atoms with Crippen molar-refractivity contribution in [2.75, 3.05) is 30.3 Å². The summed E-state index contributed by atoms with van der Waals surface area (Å²) in [5.74, 6) is -0.925. The number of anilines is 2. The van der Waals surface area contributed by atoms with E-state index in [1.807, 2.05) is 11.8 Å². The molecule has 0 radical (unpaired) electrons. The van der Waals surface area contributed by atoms with Crippen LogP contribution in [0.1, 0.15) is 44.0 Å². The van der Waals surface area contributed by atoms with Crippen molar-refractivity contribution in [3.05, 3.63) is 23.5 Å². The number of nitrogens with zero attached hydrogens (tertiary/aromatic N) is 1. The van der Waals surface area contributed by atoms with Gasteiger partial charge in [-0.05, 0) is 32.4 Å². The van der Waals surface area contributed by atoms with Gasteiger partial charge in [0.2, 0.25) is 0 Å². The molecule has 0 saturated carbocycles. The van der Waals surface area contributed by atoms with Gasteiger partial charge in [-0.1, -0.05) is 13.3 Å². The zero-order valence-electron chi connectivity index (χ0n) is 12.4. The smallest absolute Gasteiger partial charge is 0.340 e. The standard InChI is InChI=1S/C15H23FN2O2/c1-4-7-8-18(5-2)14-9-11(15(19)20-6-3)13(17)10-12(14)16/h9-10H,4-8,17H2,1-3H3. The predicted molar refractivity (Wildman–Crippen MR) is 79.6 cm³/mol. The lowest BCUT2D eigenvalue weighted by Gasteiger charge is -2.24. The lowest BCUT2D eigenvalue weighted by molar-refractivity contribution is 0.0527. The molecule has 1 aromatic carbocycles. The normalized spacial score (nSPS) is 10.4. The largest absolute Gasteiger partial charge is 0.462 e. The van der Waals surface area contributed by atoms with Gasteiger partial charge in [0, 0.05) is 18.8 Å². The molecule has 0 saturated heterocycles. The maximum Gasteiger partial charge on any atom is 0.340 e. The summed E-state index contributed by atoms with van der Waals surface area (Å²) in [6.45, 7) is 7.43. The van der Waals surface area contributed by atoms with Crippen molar-refractivity contribution in [2.45, 2.75) is 33.6 Å². The summed E-state index contributed by atoms with van der Waals surface area (Å²) in [6.07, 6.45) is 1.99. The van der Waals surface area contributed by atoms with Crippen LogP contribution < -0.4 is 10.6 Å². The fourth-order valence-electron chi connectivity index (χ4n) is 2.00. The number of ether oxygens (including phenoxy) is 1. The number of rotatable bonds is 7. The second-order valence-corrected chi connectivity index (χ2v) is 4.54. The Morgan fingerprint density at radius 1 is 1.35 bits per heavy atom. The number of hydrogen-bond donors (Lipinski definition) is 1. The second kappa shape index (κ2) is 7.72. The SMILES string of the molecule is CCCCN(CC)c1cc(C(=O)OCC)c(N)cc1F. The van der Waals surface area contributed by atoms with Gasteiger partial charge < -0.3 is 15.4 Å². The number of halogens is 1. The van der Waals surface area contributed by atoms with E-state index in [0.29, 0.717) is 12.2 Å². The quantitative estimate of drug-likeness (QED) is 0.616. The number of nitrogen functional groups attached to an aromatic ring is 1. The predicted octanol–water partition coefficient (Wildman–Crippen LogP) is 3.21. The highest BCUT2D eigenvalue weighted by atomic mass is 19.1. The van der Waals surface area contributed by atoms with Gasteiger partial charge in [-0.15, -0.1) is 0 Å². The Kier molecular flexibility index (Phi) is 6.28. The Bertz CT molecular complexity index is 463. The molecule has 0 atom stereocenters. The van der Waals surface area contributed by atoms with E-state index in [1.54, 1.807) is 6.92 Å².